The van der Waals surface area contributed by atoms with Crippen LogP contribution >= 0.6 is 0 Å². The molecule has 4 heteroatoms. The minimum atomic E-state index is -0.647. The molecule has 1 saturated heterocycles. The first-order valence-corrected chi connectivity index (χ1v) is 5.96. The first-order valence-electron chi connectivity index (χ1n) is 5.96. The van der Waals surface area contributed by atoms with Crippen LogP contribution in [0, 0.1) is 18.4 Å². The summed E-state index contributed by atoms with van der Waals surface area (Å²) in [6.07, 6.45) is 2.03. The summed E-state index contributed by atoms with van der Waals surface area (Å²) in [5.41, 5.74) is 0. The van der Waals surface area contributed by atoms with Crippen molar-refractivity contribution >= 4 is 6.29 Å². The Hall–Kier alpha value is -0.450. The van der Waals surface area contributed by atoms with Gasteiger partial charge in [0, 0.05) is 25.6 Å². The molecule has 1 unspecified atom stereocenters. The average Bonchev–Trinajstić information content (AvgIpc) is 2.28. The number of nitrogens with zero attached hydrogens (tertiary/aromatic N) is 1. The lowest BCUT2D eigenvalue weighted by molar-refractivity contribution is -0.113. The number of rotatable bonds is 6. The van der Waals surface area contributed by atoms with Gasteiger partial charge in [-0.1, -0.05) is 13.8 Å². The number of carbonyl (C=O) groups excluding carboxylic acids is 1. The Bertz CT molecular complexity index is 200. The second-order valence-corrected chi connectivity index (χ2v) is 4.79. The van der Waals surface area contributed by atoms with Gasteiger partial charge in [-0.05, 0) is 18.8 Å². The number of aldehydes is 1. The molecular weight excluding hydrogens is 206 g/mol. The predicted molar refractivity (Wildman–Crippen MR) is 61.5 cm³/mol. The van der Waals surface area contributed by atoms with Gasteiger partial charge in [-0.15, -0.1) is 0 Å². The van der Waals surface area contributed by atoms with Crippen molar-refractivity contribution < 1.29 is 14.6 Å². The van der Waals surface area contributed by atoms with Gasteiger partial charge in [0.05, 0.1) is 0 Å². The molecule has 0 saturated carbocycles. The van der Waals surface area contributed by atoms with E-state index >= 15 is 0 Å². The van der Waals surface area contributed by atoms with Crippen LogP contribution in [0.15, 0.2) is 0 Å². The highest BCUT2D eigenvalue weighted by atomic mass is 16.5. The van der Waals surface area contributed by atoms with Crippen LogP contribution in [0.5, 0.6) is 0 Å². The van der Waals surface area contributed by atoms with Crippen LogP contribution in [0.3, 0.4) is 0 Å². The smallest absolute Gasteiger partial charge is 0.136 e. The maximum Gasteiger partial charge on any atom is 0.136 e. The van der Waals surface area contributed by atoms with Crippen LogP contribution in [0.25, 0.3) is 0 Å². The maximum absolute atomic E-state index is 10.6. The normalized spacial score (nSPS) is 21.2. The van der Waals surface area contributed by atoms with E-state index < -0.39 is 6.23 Å². The Kier molecular flexibility index (Phi) is 5.95. The first kappa shape index (κ1) is 13.6. The highest BCUT2D eigenvalue weighted by Crippen LogP contribution is 2.17. The summed E-state index contributed by atoms with van der Waals surface area (Å²) in [7, 11) is 0. The molecule has 1 heterocycles. The monoisotopic (exact) mass is 228 g/mol. The Balaban J connectivity index is 2.17. The quantitative estimate of drug-likeness (QED) is 0.690. The zero-order valence-electron chi connectivity index (χ0n) is 10.1. The van der Waals surface area contributed by atoms with Gasteiger partial charge >= 0.3 is 0 Å². The molecule has 0 aromatic rings. The Labute approximate surface area is 97.6 Å². The summed E-state index contributed by atoms with van der Waals surface area (Å²) in [4.78, 5) is 12.5. The third-order valence-corrected chi connectivity index (χ3v) is 2.79. The predicted octanol–water partition coefficient (Wildman–Crippen LogP) is 1.05. The Morgan fingerprint density at radius 2 is 2.06 bits per heavy atom. The molecule has 0 spiro atoms. The molecule has 0 amide bonds. The van der Waals surface area contributed by atoms with Crippen molar-refractivity contribution in [2.75, 3.05) is 19.7 Å². The fraction of sp³-hybridized carbons (Fsp3) is 0.833. The third-order valence-electron chi connectivity index (χ3n) is 2.79. The van der Waals surface area contributed by atoms with E-state index in [-0.39, 0.29) is 5.92 Å². The molecule has 0 aromatic heterocycles. The van der Waals surface area contributed by atoms with Gasteiger partial charge in [0.15, 0.2) is 0 Å². The number of hydrogen-bond donors (Lipinski definition) is 1. The molecule has 1 fully saturated rings. The molecule has 0 aliphatic carbocycles. The van der Waals surface area contributed by atoms with E-state index in [1.807, 2.05) is 4.90 Å². The largest absolute Gasteiger partial charge is 0.375 e. The maximum atomic E-state index is 10.6. The van der Waals surface area contributed by atoms with E-state index in [0.717, 1.165) is 32.2 Å². The number of piperidine rings is 1. The van der Waals surface area contributed by atoms with Gasteiger partial charge in [0.1, 0.15) is 19.1 Å². The van der Waals surface area contributed by atoms with E-state index in [2.05, 4.69) is 13.8 Å². The fourth-order valence-electron chi connectivity index (χ4n) is 1.74. The number of carbonyl (C=O) groups is 1. The lowest BCUT2D eigenvalue weighted by atomic mass is 9.98. The van der Waals surface area contributed by atoms with E-state index in [9.17, 15) is 9.90 Å². The second-order valence-electron chi connectivity index (χ2n) is 4.79. The van der Waals surface area contributed by atoms with Gasteiger partial charge in [-0.2, -0.15) is 0 Å². The molecule has 16 heavy (non-hydrogen) atoms. The van der Waals surface area contributed by atoms with Crippen molar-refractivity contribution in [3.05, 3.63) is 6.61 Å². The van der Waals surface area contributed by atoms with Crippen molar-refractivity contribution in [3.63, 3.8) is 0 Å². The highest BCUT2D eigenvalue weighted by molar-refractivity contribution is 5.53. The molecule has 1 radical (unpaired) electrons. The van der Waals surface area contributed by atoms with Crippen molar-refractivity contribution in [1.82, 2.24) is 4.90 Å². The van der Waals surface area contributed by atoms with Gasteiger partial charge in [-0.25, -0.2) is 0 Å². The minimum Gasteiger partial charge on any atom is -0.375 e. The topological polar surface area (TPSA) is 49.8 Å². The Morgan fingerprint density at radius 3 is 2.56 bits per heavy atom. The van der Waals surface area contributed by atoms with Crippen molar-refractivity contribution in [2.24, 2.45) is 11.8 Å². The lowest BCUT2D eigenvalue weighted by Gasteiger charge is -2.32. The lowest BCUT2D eigenvalue weighted by Crippen LogP contribution is -2.42. The van der Waals surface area contributed by atoms with Gasteiger partial charge in [-0.3, -0.25) is 4.90 Å². The zero-order chi connectivity index (χ0) is 12.0. The number of ether oxygens (including phenoxy) is 1. The summed E-state index contributed by atoms with van der Waals surface area (Å²) in [6, 6.07) is 0. The molecule has 1 aliphatic rings. The molecule has 0 aromatic carbocycles. The molecule has 4 nitrogen and oxygen atoms in total. The van der Waals surface area contributed by atoms with E-state index in [1.54, 1.807) is 0 Å². The van der Waals surface area contributed by atoms with Crippen molar-refractivity contribution in [3.8, 4) is 0 Å². The fourth-order valence-corrected chi connectivity index (χ4v) is 1.74. The molecule has 1 rings (SSSR count). The zero-order valence-corrected chi connectivity index (χ0v) is 10.1. The number of hydrogen-bond acceptors (Lipinski definition) is 4. The minimum absolute atomic E-state index is 0.167. The molecule has 1 aliphatic heterocycles. The van der Waals surface area contributed by atoms with Crippen molar-refractivity contribution in [1.29, 1.82) is 0 Å². The number of aliphatic hydroxyl groups is 1. The van der Waals surface area contributed by atoms with Gasteiger partial charge < -0.3 is 14.6 Å². The van der Waals surface area contributed by atoms with Crippen molar-refractivity contribution in [2.45, 2.75) is 32.9 Å². The highest BCUT2D eigenvalue weighted by Gasteiger charge is 2.23. The molecule has 1 N–H and O–H groups in total. The van der Waals surface area contributed by atoms with Gasteiger partial charge in [0.25, 0.3) is 0 Å². The van der Waals surface area contributed by atoms with Crippen LogP contribution in [-0.2, 0) is 9.53 Å². The standard InChI is InChI=1S/C12H22NO3/c1-10(2)8-16-9-12(15)13-5-3-11(7-14)4-6-13/h7,9-12,15H,3-6,8H2,1-2H3. The SMILES string of the molecule is CC(C)CO[CH]C(O)N1CCC(C=O)CC1. The molecule has 93 valence electrons. The number of aliphatic hydroxyl groups excluding tert-OH is 1. The average molecular weight is 228 g/mol. The molecular formula is C12H22NO3. The van der Waals surface area contributed by atoms with Crippen LogP contribution in [0.2, 0.25) is 0 Å². The summed E-state index contributed by atoms with van der Waals surface area (Å²) in [6.45, 7) is 7.76. The number of likely N-dealkylation sites (tertiary alicyclic amines) is 1. The molecule has 1 atom stereocenters. The first-order chi connectivity index (χ1) is 7.63. The molecule has 0 bridgehead atoms. The third kappa shape index (κ3) is 4.60. The van der Waals surface area contributed by atoms with Crippen LogP contribution in [0.4, 0.5) is 0 Å². The second kappa shape index (κ2) is 6.99. The summed E-state index contributed by atoms with van der Waals surface area (Å²) < 4.78 is 5.28. The summed E-state index contributed by atoms with van der Waals surface area (Å²) >= 11 is 0. The van der Waals surface area contributed by atoms with Crippen LogP contribution < -0.4 is 0 Å². The van der Waals surface area contributed by atoms with Crippen LogP contribution in [-0.4, -0.2) is 42.2 Å². The summed E-state index contributed by atoms with van der Waals surface area (Å²) in [5.74, 6) is 0.629. The Morgan fingerprint density at radius 1 is 1.44 bits per heavy atom. The van der Waals surface area contributed by atoms with Gasteiger partial charge in [0.2, 0.25) is 0 Å². The van der Waals surface area contributed by atoms with Crippen LogP contribution in [0.1, 0.15) is 26.7 Å². The van der Waals surface area contributed by atoms with E-state index in [4.69, 9.17) is 4.74 Å². The van der Waals surface area contributed by atoms with E-state index in [0.29, 0.717) is 12.5 Å². The van der Waals surface area contributed by atoms with E-state index in [1.165, 1.54) is 6.61 Å². The summed E-state index contributed by atoms with van der Waals surface area (Å²) in [5, 5.41) is 9.80.